The van der Waals surface area contributed by atoms with Crippen molar-refractivity contribution in [3.8, 4) is 11.3 Å². The van der Waals surface area contributed by atoms with Crippen molar-refractivity contribution in [2.75, 3.05) is 11.9 Å². The number of anilines is 1. The molecule has 0 saturated heterocycles. The van der Waals surface area contributed by atoms with Crippen LogP contribution in [0.15, 0.2) is 36.7 Å². The number of nitrogens with zero attached hydrogens (tertiary/aromatic N) is 2. The van der Waals surface area contributed by atoms with Gasteiger partial charge in [0.2, 0.25) is 0 Å². The van der Waals surface area contributed by atoms with Crippen LogP contribution in [0, 0.1) is 13.8 Å². The number of nitrogens with one attached hydrogen (secondary N) is 1. The van der Waals surface area contributed by atoms with Gasteiger partial charge in [0.15, 0.2) is 5.65 Å². The number of rotatable bonds is 5. The van der Waals surface area contributed by atoms with Gasteiger partial charge >= 0.3 is 6.18 Å². The molecule has 1 aromatic carbocycles. The number of imidazole rings is 1. The van der Waals surface area contributed by atoms with E-state index in [0.717, 1.165) is 16.8 Å². The molecule has 1 unspecified atom stereocenters. The molecule has 0 fully saturated rings. The highest BCUT2D eigenvalue weighted by Crippen LogP contribution is 2.29. The van der Waals surface area contributed by atoms with Gasteiger partial charge in [0, 0.05) is 18.3 Å². The molecule has 1 atom stereocenters. The van der Waals surface area contributed by atoms with Crippen LogP contribution >= 0.6 is 0 Å². The molecule has 0 saturated carbocycles. The molecular weight excluding hydrogens is 399 g/mol. The zero-order chi connectivity index (χ0) is 22.5. The normalized spacial score (nSPS) is 12.2. The van der Waals surface area contributed by atoms with Crippen LogP contribution in [0.5, 0.6) is 0 Å². The fourth-order valence-electron chi connectivity index (χ4n) is 2.92. The van der Waals surface area contributed by atoms with Crippen molar-refractivity contribution in [1.82, 2.24) is 9.38 Å². The Labute approximate surface area is 172 Å². The molecule has 0 aliphatic heterocycles. The fourth-order valence-corrected chi connectivity index (χ4v) is 2.92. The van der Waals surface area contributed by atoms with Gasteiger partial charge in [-0.05, 0) is 49.6 Å². The number of hydrogen-bond donors (Lipinski definition) is 3. The summed E-state index contributed by atoms with van der Waals surface area (Å²) in [5, 5.41) is 19.7. The van der Waals surface area contributed by atoms with Crippen molar-refractivity contribution in [3.05, 3.63) is 53.3 Å². The summed E-state index contributed by atoms with van der Waals surface area (Å²) in [6, 6.07) is 7.70. The first-order valence-electron chi connectivity index (χ1n) is 9.22. The number of alkyl halides is 3. The Morgan fingerprint density at radius 3 is 2.47 bits per heavy atom. The highest BCUT2D eigenvalue weighted by molar-refractivity contribution is 5.74. The maximum absolute atomic E-state index is 12.5. The first kappa shape index (κ1) is 23.2. The van der Waals surface area contributed by atoms with Crippen molar-refractivity contribution >= 4 is 17.8 Å². The van der Waals surface area contributed by atoms with E-state index in [1.807, 2.05) is 36.4 Å². The Morgan fingerprint density at radius 2 is 1.90 bits per heavy atom. The van der Waals surface area contributed by atoms with Crippen molar-refractivity contribution in [1.29, 1.82) is 0 Å². The van der Waals surface area contributed by atoms with Crippen molar-refractivity contribution in [2.45, 2.75) is 39.5 Å². The minimum atomic E-state index is -4.23. The minimum Gasteiger partial charge on any atom is -0.483 e. The third kappa shape index (κ3) is 5.73. The number of carboxylic acid groups (broad SMARTS) is 1. The van der Waals surface area contributed by atoms with Gasteiger partial charge in [-0.1, -0.05) is 12.1 Å². The Kier molecular flexibility index (Phi) is 7.44. The predicted molar refractivity (Wildman–Crippen MR) is 109 cm³/mol. The number of hydrogen-bond acceptors (Lipinski definition) is 4. The molecule has 3 aromatic rings. The lowest BCUT2D eigenvalue weighted by molar-refractivity contribution is -0.131. The van der Waals surface area contributed by atoms with E-state index in [0.29, 0.717) is 16.9 Å². The standard InChI is InChI=1S/C20H22F3N3O.CH2O2/c1-12-4-5-15(8-13(12)2)18-10-25-19-17(24-7-6-20(21,22)23)9-16(14(3)27)11-26(18)19;2-1-3/h4-5,8-11,14,24,27H,6-7H2,1-3H3;1H,(H,2,3). The van der Waals surface area contributed by atoms with Crippen molar-refractivity contribution in [2.24, 2.45) is 0 Å². The second-order valence-corrected chi connectivity index (χ2v) is 6.90. The predicted octanol–water partition coefficient (Wildman–Crippen LogP) is 4.74. The summed E-state index contributed by atoms with van der Waals surface area (Å²) in [6.07, 6.45) is -2.46. The Morgan fingerprint density at radius 1 is 1.23 bits per heavy atom. The van der Waals surface area contributed by atoms with Gasteiger partial charge in [-0.2, -0.15) is 13.2 Å². The molecule has 0 spiro atoms. The number of benzene rings is 1. The van der Waals surface area contributed by atoms with Crippen molar-refractivity contribution in [3.63, 3.8) is 0 Å². The molecule has 162 valence electrons. The smallest absolute Gasteiger partial charge is 0.390 e. The summed E-state index contributed by atoms with van der Waals surface area (Å²) < 4.78 is 39.2. The van der Waals surface area contributed by atoms with Gasteiger partial charge in [0.05, 0.1) is 30.1 Å². The Hall–Kier alpha value is -3.07. The number of carbonyl (C=O) groups is 1. The number of aliphatic hydroxyl groups excluding tert-OH is 1. The molecule has 2 aromatic heterocycles. The van der Waals surface area contributed by atoms with Crippen LogP contribution in [-0.2, 0) is 4.79 Å². The number of fused-ring (bicyclic) bond motifs is 1. The summed E-state index contributed by atoms with van der Waals surface area (Å²) in [5.74, 6) is 0. The third-order valence-electron chi connectivity index (χ3n) is 4.64. The average Bonchev–Trinajstić information content (AvgIpc) is 3.07. The number of aromatic nitrogens is 2. The summed E-state index contributed by atoms with van der Waals surface area (Å²) in [5.41, 5.74) is 5.66. The van der Waals surface area contributed by atoms with E-state index >= 15 is 0 Å². The van der Waals surface area contributed by atoms with Crippen LogP contribution in [0.2, 0.25) is 0 Å². The molecule has 0 aliphatic rings. The van der Waals surface area contributed by atoms with E-state index < -0.39 is 18.7 Å². The van der Waals surface area contributed by atoms with Gasteiger partial charge in [-0.25, -0.2) is 4.98 Å². The van der Waals surface area contributed by atoms with Gasteiger partial charge in [-0.15, -0.1) is 0 Å². The zero-order valence-electron chi connectivity index (χ0n) is 16.9. The molecule has 0 amide bonds. The maximum atomic E-state index is 12.5. The van der Waals surface area contributed by atoms with Crippen molar-refractivity contribution < 1.29 is 28.2 Å². The lowest BCUT2D eigenvalue weighted by Gasteiger charge is -2.14. The molecule has 0 bridgehead atoms. The van der Waals surface area contributed by atoms with Crippen LogP contribution in [-0.4, -0.2) is 38.8 Å². The van der Waals surface area contributed by atoms with E-state index in [-0.39, 0.29) is 13.0 Å². The molecule has 3 N–H and O–H groups in total. The van der Waals surface area contributed by atoms with E-state index in [1.165, 1.54) is 5.56 Å². The number of halogens is 3. The number of aliphatic hydroxyl groups is 1. The molecular formula is C21H24F3N3O3. The SMILES string of the molecule is Cc1ccc(-c2cnc3c(NCCC(F)(F)F)cc(C(C)O)cn23)cc1C.O=CO. The van der Waals surface area contributed by atoms with Gasteiger partial charge in [0.1, 0.15) is 0 Å². The fraction of sp³-hybridized carbons (Fsp3) is 0.333. The molecule has 6 nitrogen and oxygen atoms in total. The quantitative estimate of drug-likeness (QED) is 0.516. The van der Waals surface area contributed by atoms with Gasteiger partial charge in [0.25, 0.3) is 6.47 Å². The topological polar surface area (TPSA) is 86.9 Å². The first-order valence-corrected chi connectivity index (χ1v) is 9.22. The summed E-state index contributed by atoms with van der Waals surface area (Å²) in [7, 11) is 0. The second-order valence-electron chi connectivity index (χ2n) is 6.90. The Bertz CT molecular complexity index is 1010. The van der Waals surface area contributed by atoms with Gasteiger partial charge in [-0.3, -0.25) is 9.20 Å². The van der Waals surface area contributed by atoms with E-state index in [2.05, 4.69) is 10.3 Å². The lowest BCUT2D eigenvalue weighted by atomic mass is 10.0. The van der Waals surface area contributed by atoms with Crippen LogP contribution < -0.4 is 5.32 Å². The lowest BCUT2D eigenvalue weighted by Crippen LogP contribution is -2.15. The van der Waals surface area contributed by atoms with Crippen LogP contribution in [0.1, 0.15) is 36.1 Å². The molecule has 0 radical (unpaired) electrons. The molecule has 0 aliphatic carbocycles. The largest absolute Gasteiger partial charge is 0.483 e. The molecule has 30 heavy (non-hydrogen) atoms. The highest BCUT2D eigenvalue weighted by atomic mass is 19.4. The van der Waals surface area contributed by atoms with E-state index in [4.69, 9.17) is 9.90 Å². The molecule has 2 heterocycles. The average molecular weight is 423 g/mol. The summed E-state index contributed by atoms with van der Waals surface area (Å²) in [4.78, 5) is 12.8. The molecule has 3 rings (SSSR count). The second kappa shape index (κ2) is 9.62. The maximum Gasteiger partial charge on any atom is 0.390 e. The number of aryl methyl sites for hydroxylation is 2. The van der Waals surface area contributed by atoms with Crippen LogP contribution in [0.3, 0.4) is 0 Å². The first-order chi connectivity index (χ1) is 14.1. The monoisotopic (exact) mass is 423 g/mol. The zero-order valence-corrected chi connectivity index (χ0v) is 16.9. The molecule has 9 heteroatoms. The number of pyridine rings is 1. The van der Waals surface area contributed by atoms with Crippen LogP contribution in [0.25, 0.3) is 16.9 Å². The van der Waals surface area contributed by atoms with Crippen LogP contribution in [0.4, 0.5) is 18.9 Å². The summed E-state index contributed by atoms with van der Waals surface area (Å²) >= 11 is 0. The third-order valence-corrected chi connectivity index (χ3v) is 4.64. The minimum absolute atomic E-state index is 0.250. The van der Waals surface area contributed by atoms with E-state index in [9.17, 15) is 18.3 Å². The van der Waals surface area contributed by atoms with Gasteiger partial charge < -0.3 is 15.5 Å². The Balaban J connectivity index is 0.00000101. The van der Waals surface area contributed by atoms with E-state index in [1.54, 1.807) is 25.4 Å². The summed E-state index contributed by atoms with van der Waals surface area (Å²) in [6.45, 7) is 5.16. The highest BCUT2D eigenvalue weighted by Gasteiger charge is 2.26.